The largest absolute Gasteiger partial charge is 0.309 e. The highest BCUT2D eigenvalue weighted by atomic mass is 127. The van der Waals surface area contributed by atoms with Gasteiger partial charge in [0.2, 0.25) is 0 Å². The van der Waals surface area contributed by atoms with E-state index in [-0.39, 0.29) is 11.9 Å². The highest BCUT2D eigenvalue weighted by Gasteiger charge is 2.11. The summed E-state index contributed by atoms with van der Waals surface area (Å²) in [5, 5.41) is 3.21. The van der Waals surface area contributed by atoms with Crippen molar-refractivity contribution in [3.8, 4) is 0 Å². The molecule has 2 aromatic carbocycles. The van der Waals surface area contributed by atoms with Crippen molar-refractivity contribution < 1.29 is 4.39 Å². The van der Waals surface area contributed by atoms with Crippen LogP contribution >= 0.6 is 22.6 Å². The quantitative estimate of drug-likeness (QED) is 0.839. The van der Waals surface area contributed by atoms with E-state index in [9.17, 15) is 4.39 Å². The summed E-state index contributed by atoms with van der Waals surface area (Å²) in [6.45, 7) is 0. The number of hydrogen-bond acceptors (Lipinski definition) is 1. The monoisotopic (exact) mass is 341 g/mol. The molecule has 2 aromatic rings. The summed E-state index contributed by atoms with van der Waals surface area (Å²) in [7, 11) is 1.88. The Hall–Kier alpha value is -0.940. The average molecular weight is 341 g/mol. The van der Waals surface area contributed by atoms with Crippen LogP contribution in [0.5, 0.6) is 0 Å². The van der Waals surface area contributed by atoms with Crippen LogP contribution in [0.1, 0.15) is 17.2 Å². The molecule has 1 nitrogen and oxygen atoms in total. The topological polar surface area (TPSA) is 12.0 Å². The van der Waals surface area contributed by atoms with E-state index in [0.29, 0.717) is 0 Å². The highest BCUT2D eigenvalue weighted by molar-refractivity contribution is 14.1. The molecule has 0 amide bonds. The lowest BCUT2D eigenvalue weighted by Gasteiger charge is -2.17. The Labute approximate surface area is 114 Å². The van der Waals surface area contributed by atoms with Crippen molar-refractivity contribution in [1.29, 1.82) is 0 Å². The molecule has 0 heterocycles. The Morgan fingerprint density at radius 1 is 1.06 bits per heavy atom. The van der Waals surface area contributed by atoms with Gasteiger partial charge in [0.05, 0.1) is 6.04 Å². The first-order chi connectivity index (χ1) is 8.20. The van der Waals surface area contributed by atoms with Gasteiger partial charge in [0.1, 0.15) is 5.82 Å². The van der Waals surface area contributed by atoms with Crippen LogP contribution in [-0.2, 0) is 0 Å². The number of halogens is 2. The summed E-state index contributed by atoms with van der Waals surface area (Å²) in [4.78, 5) is 0. The van der Waals surface area contributed by atoms with Gasteiger partial charge in [-0.2, -0.15) is 0 Å². The molecule has 1 N–H and O–H groups in total. The second-order valence-corrected chi connectivity index (χ2v) is 5.07. The van der Waals surface area contributed by atoms with Crippen molar-refractivity contribution in [3.63, 3.8) is 0 Å². The molecule has 0 aliphatic heterocycles. The number of nitrogens with one attached hydrogen (secondary N) is 1. The summed E-state index contributed by atoms with van der Waals surface area (Å²) in [6, 6.07) is 15.0. The molecule has 0 aliphatic rings. The maximum absolute atomic E-state index is 13.2. The van der Waals surface area contributed by atoms with Crippen molar-refractivity contribution >= 4 is 22.6 Å². The summed E-state index contributed by atoms with van der Waals surface area (Å²) >= 11 is 2.27. The lowest BCUT2D eigenvalue weighted by Crippen LogP contribution is -2.17. The second-order valence-electron chi connectivity index (χ2n) is 3.83. The van der Waals surface area contributed by atoms with Gasteiger partial charge >= 0.3 is 0 Å². The zero-order valence-electron chi connectivity index (χ0n) is 9.45. The smallest absolute Gasteiger partial charge is 0.123 e. The molecule has 0 saturated carbocycles. The van der Waals surface area contributed by atoms with E-state index in [4.69, 9.17) is 0 Å². The van der Waals surface area contributed by atoms with E-state index in [1.807, 2.05) is 13.1 Å². The second kappa shape index (κ2) is 5.60. The van der Waals surface area contributed by atoms with Gasteiger partial charge in [0.15, 0.2) is 0 Å². The van der Waals surface area contributed by atoms with E-state index >= 15 is 0 Å². The van der Waals surface area contributed by atoms with E-state index in [2.05, 4.69) is 52.2 Å². The lowest BCUT2D eigenvalue weighted by molar-refractivity contribution is 0.617. The fraction of sp³-hybridized carbons (Fsp3) is 0.143. The first kappa shape index (κ1) is 12.5. The van der Waals surface area contributed by atoms with Crippen molar-refractivity contribution in [2.24, 2.45) is 0 Å². The van der Waals surface area contributed by atoms with Crippen molar-refractivity contribution in [3.05, 3.63) is 69.0 Å². The first-order valence-corrected chi connectivity index (χ1v) is 6.47. The molecule has 1 unspecified atom stereocenters. The first-order valence-electron chi connectivity index (χ1n) is 5.39. The molecule has 0 aliphatic carbocycles. The highest BCUT2D eigenvalue weighted by Crippen LogP contribution is 2.22. The fourth-order valence-corrected chi connectivity index (χ4v) is 2.23. The van der Waals surface area contributed by atoms with Gasteiger partial charge in [0, 0.05) is 3.57 Å². The molecule has 17 heavy (non-hydrogen) atoms. The van der Waals surface area contributed by atoms with Gasteiger partial charge < -0.3 is 5.32 Å². The predicted molar refractivity (Wildman–Crippen MR) is 76.5 cm³/mol. The number of hydrogen-bond donors (Lipinski definition) is 1. The third kappa shape index (κ3) is 3.04. The van der Waals surface area contributed by atoms with E-state index in [1.165, 1.54) is 9.64 Å². The van der Waals surface area contributed by atoms with Crippen LogP contribution in [0, 0.1) is 9.39 Å². The summed E-state index contributed by atoms with van der Waals surface area (Å²) in [5.74, 6) is -0.201. The average Bonchev–Trinajstić information content (AvgIpc) is 2.33. The summed E-state index contributed by atoms with van der Waals surface area (Å²) in [5.41, 5.74) is 2.08. The van der Waals surface area contributed by atoms with Gasteiger partial charge in [-0.15, -0.1) is 0 Å². The molecule has 1 atom stereocenters. The molecular weight excluding hydrogens is 328 g/mol. The van der Waals surface area contributed by atoms with Crippen LogP contribution in [0.4, 0.5) is 4.39 Å². The Balaban J connectivity index is 2.36. The molecule has 0 spiro atoms. The maximum Gasteiger partial charge on any atom is 0.123 e. The predicted octanol–water partition coefficient (Wildman–Crippen LogP) is 3.74. The number of benzene rings is 2. The van der Waals surface area contributed by atoms with E-state index in [1.54, 1.807) is 12.1 Å². The van der Waals surface area contributed by atoms with Gasteiger partial charge in [-0.25, -0.2) is 4.39 Å². The summed E-state index contributed by atoms with van der Waals surface area (Å²) < 4.78 is 14.4. The van der Waals surface area contributed by atoms with Gasteiger partial charge in [-0.05, 0) is 65.0 Å². The van der Waals surface area contributed by atoms with E-state index in [0.717, 1.165) is 11.1 Å². The van der Waals surface area contributed by atoms with Crippen molar-refractivity contribution in [2.45, 2.75) is 6.04 Å². The molecule has 3 heteroatoms. The van der Waals surface area contributed by atoms with Crippen molar-refractivity contribution in [1.82, 2.24) is 5.32 Å². The number of rotatable bonds is 3. The van der Waals surface area contributed by atoms with Gasteiger partial charge in [-0.1, -0.05) is 24.3 Å². The lowest BCUT2D eigenvalue weighted by atomic mass is 9.99. The zero-order valence-corrected chi connectivity index (χ0v) is 11.6. The normalized spacial score (nSPS) is 12.4. The van der Waals surface area contributed by atoms with Crippen LogP contribution in [0.15, 0.2) is 48.5 Å². The Kier molecular flexibility index (Phi) is 4.12. The molecule has 0 fully saturated rings. The zero-order chi connectivity index (χ0) is 12.3. The third-order valence-corrected chi connectivity index (χ3v) is 3.39. The fourth-order valence-electron chi connectivity index (χ4n) is 1.87. The molecule has 0 bridgehead atoms. The SMILES string of the molecule is CNC(c1ccc(I)cc1)c1cccc(F)c1. The van der Waals surface area contributed by atoms with Gasteiger partial charge in [0.25, 0.3) is 0 Å². The Bertz CT molecular complexity index is 496. The third-order valence-electron chi connectivity index (χ3n) is 2.67. The van der Waals surface area contributed by atoms with Crippen LogP contribution in [0.3, 0.4) is 0 Å². The van der Waals surface area contributed by atoms with E-state index < -0.39 is 0 Å². The van der Waals surface area contributed by atoms with Gasteiger partial charge in [-0.3, -0.25) is 0 Å². The minimum Gasteiger partial charge on any atom is -0.309 e. The summed E-state index contributed by atoms with van der Waals surface area (Å²) in [6.07, 6.45) is 0. The Morgan fingerprint density at radius 2 is 1.76 bits per heavy atom. The molecule has 0 radical (unpaired) electrons. The molecule has 0 saturated heterocycles. The van der Waals surface area contributed by atoms with Crippen LogP contribution in [0.25, 0.3) is 0 Å². The van der Waals surface area contributed by atoms with Crippen LogP contribution in [-0.4, -0.2) is 7.05 Å². The molecule has 0 aromatic heterocycles. The maximum atomic E-state index is 13.2. The molecular formula is C14H13FIN. The molecule has 88 valence electrons. The van der Waals surface area contributed by atoms with Crippen LogP contribution < -0.4 is 5.32 Å². The van der Waals surface area contributed by atoms with Crippen molar-refractivity contribution in [2.75, 3.05) is 7.05 Å². The standard InChI is InChI=1S/C14H13FIN/c1-17-14(10-5-7-13(16)8-6-10)11-3-2-4-12(15)9-11/h2-9,14,17H,1H3. The minimum atomic E-state index is -0.201. The van der Waals surface area contributed by atoms with Crippen LogP contribution in [0.2, 0.25) is 0 Å². The minimum absolute atomic E-state index is 0.0303. The Morgan fingerprint density at radius 3 is 2.35 bits per heavy atom. The molecule has 2 rings (SSSR count).